The van der Waals surface area contributed by atoms with Gasteiger partial charge in [-0.05, 0) is 35.4 Å². The van der Waals surface area contributed by atoms with E-state index in [0.717, 1.165) is 12.8 Å². The topological polar surface area (TPSA) is 17.1 Å². The molecule has 6 heavy (non-hydrogen) atoms. The second kappa shape index (κ2) is 1.48. The van der Waals surface area contributed by atoms with Crippen molar-refractivity contribution in [3.8, 4) is 0 Å². The molecule has 1 nitrogen and oxygen atoms in total. The lowest BCUT2D eigenvalue weighted by Crippen LogP contribution is -1.82. The van der Waals surface area contributed by atoms with Crippen molar-refractivity contribution in [2.24, 2.45) is 5.92 Å². The number of carbonyl (C=O) groups excluding carboxylic acids is 1. The van der Waals surface area contributed by atoms with Crippen LogP contribution in [0.25, 0.3) is 0 Å². The van der Waals surface area contributed by atoms with E-state index in [4.69, 9.17) is 0 Å². The van der Waals surface area contributed by atoms with Crippen molar-refractivity contribution in [3.63, 3.8) is 0 Å². The normalized spacial score (nSPS) is 20.8. The minimum absolute atomic E-state index is 0.340. The molecule has 0 amide bonds. The summed E-state index contributed by atoms with van der Waals surface area (Å²) < 4.78 is 0.340. The number of hydrogen-bond donors (Lipinski definition) is 0. The van der Waals surface area contributed by atoms with E-state index in [2.05, 4.69) is 0 Å². The number of hydrogen-bond acceptors (Lipinski definition) is 1. The predicted molar refractivity (Wildman–Crippen MR) is 31.8 cm³/mol. The molecule has 0 aromatic rings. The summed E-state index contributed by atoms with van der Waals surface area (Å²) in [4.78, 5) is 10.2. The van der Waals surface area contributed by atoms with Crippen LogP contribution < -0.4 is 0 Å². The molecule has 34 valence electrons. The third-order valence-electron chi connectivity index (χ3n) is 0.898. The summed E-state index contributed by atoms with van der Waals surface area (Å²) in [5.41, 5.74) is 0. The summed E-state index contributed by atoms with van der Waals surface area (Å²) in [6.45, 7) is 0. The summed E-state index contributed by atoms with van der Waals surface area (Å²) in [6, 6.07) is 0. The Morgan fingerprint density at radius 3 is 2.17 bits per heavy atom. The van der Waals surface area contributed by atoms with E-state index in [0.29, 0.717) is 9.71 Å². The Hall–Kier alpha value is 0.400. The van der Waals surface area contributed by atoms with Gasteiger partial charge in [0.05, 0.1) is 0 Å². The van der Waals surface area contributed by atoms with Gasteiger partial charge < -0.3 is 0 Å². The van der Waals surface area contributed by atoms with Crippen LogP contribution in [0, 0.1) is 5.92 Å². The van der Waals surface area contributed by atoms with Crippen molar-refractivity contribution in [2.45, 2.75) is 12.8 Å². The zero-order valence-corrected chi connectivity index (χ0v) is 5.44. The summed E-state index contributed by atoms with van der Waals surface area (Å²) >= 11 is 1.86. The predicted octanol–water partition coefficient (Wildman–Crippen LogP) is 1.36. The lowest BCUT2D eigenvalue weighted by atomic mass is 10.5. The first-order valence-electron chi connectivity index (χ1n) is 2.00. The highest BCUT2D eigenvalue weighted by Crippen LogP contribution is 2.31. The summed E-state index contributed by atoms with van der Waals surface area (Å²) in [5, 5.41) is 0. The monoisotopic (exact) mass is 196 g/mol. The first kappa shape index (κ1) is 4.56. The second-order valence-corrected chi connectivity index (χ2v) is 2.64. The molecule has 0 spiro atoms. The average Bonchev–Trinajstić information content (AvgIpc) is 2.06. The molecule has 0 aromatic heterocycles. The molecule has 0 atom stereocenters. The van der Waals surface area contributed by atoms with Crippen molar-refractivity contribution < 1.29 is 4.79 Å². The Bertz CT molecular complexity index is 75.6. The highest BCUT2D eigenvalue weighted by atomic mass is 127. The van der Waals surface area contributed by atoms with Crippen LogP contribution in [0.1, 0.15) is 12.8 Å². The quantitative estimate of drug-likeness (QED) is 0.457. The van der Waals surface area contributed by atoms with Crippen LogP contribution in [0.15, 0.2) is 0 Å². The van der Waals surface area contributed by atoms with E-state index in [1.54, 1.807) is 0 Å². The van der Waals surface area contributed by atoms with E-state index in [1.165, 1.54) is 0 Å². The molecule has 0 aliphatic heterocycles. The molecule has 0 aromatic carbocycles. The molecule has 0 radical (unpaired) electrons. The van der Waals surface area contributed by atoms with Crippen molar-refractivity contribution in [2.75, 3.05) is 0 Å². The molecule has 0 heterocycles. The third-order valence-corrected chi connectivity index (χ3v) is 1.78. The van der Waals surface area contributed by atoms with E-state index >= 15 is 0 Å². The van der Waals surface area contributed by atoms with Gasteiger partial charge in [0.25, 0.3) is 0 Å². The van der Waals surface area contributed by atoms with Crippen molar-refractivity contribution >= 4 is 26.4 Å². The fraction of sp³-hybridized carbons (Fsp3) is 0.750. The average molecular weight is 196 g/mol. The van der Waals surface area contributed by atoms with Crippen LogP contribution >= 0.6 is 22.6 Å². The first-order chi connectivity index (χ1) is 2.80. The maximum absolute atomic E-state index is 10.2. The Labute approximate surface area is 50.3 Å². The van der Waals surface area contributed by atoms with Gasteiger partial charge in [0.15, 0.2) is 3.79 Å². The molecule has 1 saturated carbocycles. The van der Waals surface area contributed by atoms with E-state index < -0.39 is 0 Å². The number of rotatable bonds is 1. The van der Waals surface area contributed by atoms with Gasteiger partial charge in [-0.15, -0.1) is 0 Å². The van der Waals surface area contributed by atoms with Gasteiger partial charge in [-0.1, -0.05) is 0 Å². The molecule has 0 saturated heterocycles. The highest BCUT2D eigenvalue weighted by Gasteiger charge is 2.26. The zero-order valence-electron chi connectivity index (χ0n) is 3.28. The molecule has 0 bridgehead atoms. The Morgan fingerprint density at radius 1 is 1.67 bits per heavy atom. The molecule has 0 N–H and O–H groups in total. The summed E-state index contributed by atoms with van der Waals surface area (Å²) in [5.74, 6) is 0.450. The maximum Gasteiger partial charge on any atom is 0.195 e. The Balaban J connectivity index is 2.31. The van der Waals surface area contributed by atoms with Crippen LogP contribution in [-0.2, 0) is 4.79 Å². The summed E-state index contributed by atoms with van der Waals surface area (Å²) in [7, 11) is 0. The van der Waals surface area contributed by atoms with Crippen LogP contribution in [0.2, 0.25) is 0 Å². The molecule has 1 fully saturated rings. The van der Waals surface area contributed by atoms with Crippen LogP contribution in [-0.4, -0.2) is 3.79 Å². The lowest BCUT2D eigenvalue weighted by molar-refractivity contribution is -0.110. The fourth-order valence-corrected chi connectivity index (χ4v) is 0.933. The van der Waals surface area contributed by atoms with E-state index in [9.17, 15) is 4.79 Å². The smallest absolute Gasteiger partial charge is 0.195 e. The van der Waals surface area contributed by atoms with Gasteiger partial charge in [0, 0.05) is 5.92 Å². The largest absolute Gasteiger partial charge is 0.287 e. The molecule has 1 aliphatic carbocycles. The molecule has 2 heteroatoms. The van der Waals surface area contributed by atoms with Crippen molar-refractivity contribution in [3.05, 3.63) is 0 Å². The minimum Gasteiger partial charge on any atom is -0.287 e. The van der Waals surface area contributed by atoms with Crippen LogP contribution in [0.4, 0.5) is 0 Å². The van der Waals surface area contributed by atoms with Crippen molar-refractivity contribution in [1.82, 2.24) is 0 Å². The zero-order chi connectivity index (χ0) is 4.57. The molecular weight excluding hydrogens is 191 g/mol. The van der Waals surface area contributed by atoms with E-state index in [-0.39, 0.29) is 0 Å². The molecule has 0 unspecified atom stereocenters. The fourth-order valence-electron chi connectivity index (χ4n) is 0.310. The lowest BCUT2D eigenvalue weighted by Gasteiger charge is -1.72. The summed E-state index contributed by atoms with van der Waals surface area (Å²) in [6.07, 6.45) is 2.28. The number of carbonyl (C=O) groups is 1. The molecule has 1 rings (SSSR count). The maximum atomic E-state index is 10.2. The standard InChI is InChI=1S/C4H5IO/c5-4(6)3-1-2-3/h3H,1-2H2. The molecular formula is C4H5IO. The van der Waals surface area contributed by atoms with Gasteiger partial charge >= 0.3 is 0 Å². The third kappa shape index (κ3) is 0.929. The van der Waals surface area contributed by atoms with Crippen LogP contribution in [0.5, 0.6) is 0 Å². The second-order valence-electron chi connectivity index (χ2n) is 1.58. The minimum atomic E-state index is 0.340. The van der Waals surface area contributed by atoms with E-state index in [1.807, 2.05) is 22.6 Å². The first-order valence-corrected chi connectivity index (χ1v) is 3.08. The Kier molecular flexibility index (Phi) is 1.13. The van der Waals surface area contributed by atoms with Gasteiger partial charge in [0.2, 0.25) is 0 Å². The Morgan fingerprint density at radius 2 is 2.17 bits per heavy atom. The highest BCUT2D eigenvalue weighted by molar-refractivity contribution is 14.1. The number of halogens is 1. The van der Waals surface area contributed by atoms with Gasteiger partial charge in [-0.25, -0.2) is 0 Å². The van der Waals surface area contributed by atoms with Crippen molar-refractivity contribution in [1.29, 1.82) is 0 Å². The molecule has 1 aliphatic rings. The SMILES string of the molecule is O=C(I)C1CC1. The van der Waals surface area contributed by atoms with Gasteiger partial charge in [0.1, 0.15) is 0 Å². The van der Waals surface area contributed by atoms with Crippen LogP contribution in [0.3, 0.4) is 0 Å². The van der Waals surface area contributed by atoms with Gasteiger partial charge in [-0.3, -0.25) is 4.79 Å². The van der Waals surface area contributed by atoms with Gasteiger partial charge in [-0.2, -0.15) is 0 Å².